The average Bonchev–Trinajstić information content (AvgIpc) is 2.37. The highest BCUT2D eigenvalue weighted by Gasteiger charge is 2.10. The zero-order valence-corrected chi connectivity index (χ0v) is 11.0. The van der Waals surface area contributed by atoms with E-state index in [1.165, 1.54) is 6.07 Å². The Morgan fingerprint density at radius 3 is 2.42 bits per heavy atom. The van der Waals surface area contributed by atoms with Gasteiger partial charge in [-0.25, -0.2) is 13.2 Å². The van der Waals surface area contributed by atoms with Gasteiger partial charge in [0.15, 0.2) is 0 Å². The van der Waals surface area contributed by atoms with Crippen LogP contribution < -0.4 is 5.32 Å². The second-order valence-electron chi connectivity index (χ2n) is 3.97. The summed E-state index contributed by atoms with van der Waals surface area (Å²) < 4.78 is 40.3. The van der Waals surface area contributed by atoms with E-state index in [0.29, 0.717) is 6.54 Å². The molecule has 19 heavy (non-hydrogen) atoms. The van der Waals surface area contributed by atoms with E-state index in [1.807, 2.05) is 0 Å². The SMILES string of the molecule is CNCc1ccc(Sc2cc(F)ccc2F)c(F)c1. The van der Waals surface area contributed by atoms with Crippen LogP contribution in [-0.4, -0.2) is 7.05 Å². The van der Waals surface area contributed by atoms with Crippen molar-refractivity contribution in [1.29, 1.82) is 0 Å². The molecule has 0 fully saturated rings. The molecule has 0 amide bonds. The third kappa shape index (κ3) is 3.52. The Balaban J connectivity index is 2.25. The number of hydrogen-bond donors (Lipinski definition) is 1. The molecule has 0 aliphatic heterocycles. The highest BCUT2D eigenvalue weighted by molar-refractivity contribution is 7.99. The zero-order chi connectivity index (χ0) is 13.8. The topological polar surface area (TPSA) is 12.0 Å². The molecule has 0 aromatic heterocycles. The molecule has 0 aliphatic carbocycles. The fourth-order valence-corrected chi connectivity index (χ4v) is 2.48. The van der Waals surface area contributed by atoms with Gasteiger partial charge < -0.3 is 5.32 Å². The van der Waals surface area contributed by atoms with Gasteiger partial charge in [0.25, 0.3) is 0 Å². The van der Waals surface area contributed by atoms with Crippen molar-refractivity contribution in [2.75, 3.05) is 7.05 Å². The Kier molecular flexibility index (Phi) is 4.50. The second-order valence-corrected chi connectivity index (χ2v) is 5.06. The molecule has 0 radical (unpaired) electrons. The van der Waals surface area contributed by atoms with Crippen LogP contribution in [0.15, 0.2) is 46.2 Å². The first-order valence-corrected chi connectivity index (χ1v) is 6.47. The van der Waals surface area contributed by atoms with Gasteiger partial charge >= 0.3 is 0 Å². The van der Waals surface area contributed by atoms with Gasteiger partial charge in [-0.2, -0.15) is 0 Å². The van der Waals surface area contributed by atoms with Crippen molar-refractivity contribution in [3.05, 3.63) is 59.4 Å². The van der Waals surface area contributed by atoms with Crippen LogP contribution in [0.1, 0.15) is 5.56 Å². The van der Waals surface area contributed by atoms with E-state index in [-0.39, 0.29) is 9.79 Å². The van der Waals surface area contributed by atoms with Crippen molar-refractivity contribution < 1.29 is 13.2 Å². The zero-order valence-electron chi connectivity index (χ0n) is 10.2. The first kappa shape index (κ1) is 14.0. The molecule has 0 saturated heterocycles. The van der Waals surface area contributed by atoms with Crippen LogP contribution in [-0.2, 0) is 6.54 Å². The minimum absolute atomic E-state index is 0.0697. The van der Waals surface area contributed by atoms with Crippen molar-refractivity contribution >= 4 is 11.8 Å². The number of hydrogen-bond acceptors (Lipinski definition) is 2. The Labute approximate surface area is 113 Å². The summed E-state index contributed by atoms with van der Waals surface area (Å²) >= 11 is 0.871. The third-order valence-electron chi connectivity index (χ3n) is 2.49. The molecule has 0 saturated carbocycles. The molecule has 0 unspecified atom stereocenters. The van der Waals surface area contributed by atoms with Gasteiger partial charge in [-0.15, -0.1) is 0 Å². The molecule has 0 spiro atoms. The van der Waals surface area contributed by atoms with Crippen LogP contribution in [0, 0.1) is 17.5 Å². The monoisotopic (exact) mass is 283 g/mol. The van der Waals surface area contributed by atoms with E-state index >= 15 is 0 Å². The fraction of sp³-hybridized carbons (Fsp3) is 0.143. The number of benzene rings is 2. The normalized spacial score (nSPS) is 10.7. The summed E-state index contributed by atoms with van der Waals surface area (Å²) in [5.41, 5.74) is 0.795. The number of rotatable bonds is 4. The number of nitrogens with one attached hydrogen (secondary N) is 1. The van der Waals surface area contributed by atoms with Gasteiger partial charge in [0, 0.05) is 11.4 Å². The third-order valence-corrected chi connectivity index (χ3v) is 3.57. The van der Waals surface area contributed by atoms with Crippen LogP contribution in [0.4, 0.5) is 13.2 Å². The van der Waals surface area contributed by atoms with Crippen LogP contribution in [0.5, 0.6) is 0 Å². The van der Waals surface area contributed by atoms with Gasteiger partial charge in [-0.05, 0) is 42.9 Å². The van der Waals surface area contributed by atoms with E-state index in [2.05, 4.69) is 5.32 Å². The maximum atomic E-state index is 13.8. The summed E-state index contributed by atoms with van der Waals surface area (Å²) in [6.45, 7) is 0.552. The molecule has 100 valence electrons. The average molecular weight is 283 g/mol. The lowest BCUT2D eigenvalue weighted by atomic mass is 10.2. The first-order chi connectivity index (χ1) is 9.10. The Morgan fingerprint density at radius 2 is 1.74 bits per heavy atom. The predicted molar refractivity (Wildman–Crippen MR) is 69.6 cm³/mol. The van der Waals surface area contributed by atoms with E-state index in [9.17, 15) is 13.2 Å². The van der Waals surface area contributed by atoms with Crippen molar-refractivity contribution in [3.63, 3.8) is 0 Å². The predicted octanol–water partition coefficient (Wildman–Crippen LogP) is 3.97. The quantitative estimate of drug-likeness (QED) is 0.911. The lowest BCUT2D eigenvalue weighted by molar-refractivity contribution is 0.575. The summed E-state index contributed by atoms with van der Waals surface area (Å²) in [6.07, 6.45) is 0. The molecule has 0 bridgehead atoms. The van der Waals surface area contributed by atoms with Crippen molar-refractivity contribution in [2.45, 2.75) is 16.3 Å². The van der Waals surface area contributed by atoms with Crippen LogP contribution in [0.3, 0.4) is 0 Å². The van der Waals surface area contributed by atoms with Crippen molar-refractivity contribution in [2.24, 2.45) is 0 Å². The van der Waals surface area contributed by atoms with Crippen LogP contribution >= 0.6 is 11.8 Å². The molecule has 0 atom stereocenters. The van der Waals surface area contributed by atoms with Gasteiger partial charge in [0.2, 0.25) is 0 Å². The Hall–Kier alpha value is -1.46. The largest absolute Gasteiger partial charge is 0.316 e. The van der Waals surface area contributed by atoms with Gasteiger partial charge in [0.05, 0.1) is 4.90 Å². The maximum absolute atomic E-state index is 13.8. The molecule has 2 aromatic carbocycles. The molecular formula is C14H12F3NS. The molecule has 1 N–H and O–H groups in total. The van der Waals surface area contributed by atoms with Crippen molar-refractivity contribution in [3.8, 4) is 0 Å². The van der Waals surface area contributed by atoms with Crippen LogP contribution in [0.2, 0.25) is 0 Å². The van der Waals surface area contributed by atoms with Crippen molar-refractivity contribution in [1.82, 2.24) is 5.32 Å². The van der Waals surface area contributed by atoms with E-state index < -0.39 is 17.5 Å². The highest BCUT2D eigenvalue weighted by Crippen LogP contribution is 2.32. The minimum Gasteiger partial charge on any atom is -0.316 e. The Bertz CT molecular complexity index is 587. The standard InChI is InChI=1S/C14H12F3NS/c1-18-8-9-2-5-13(12(17)6-9)19-14-7-10(15)3-4-11(14)16/h2-7,18H,8H2,1H3. The summed E-state index contributed by atoms with van der Waals surface area (Å²) in [5.74, 6) is -1.55. The smallest absolute Gasteiger partial charge is 0.137 e. The molecular weight excluding hydrogens is 271 g/mol. The number of halogens is 3. The van der Waals surface area contributed by atoms with Gasteiger partial charge in [-0.1, -0.05) is 17.8 Å². The summed E-state index contributed by atoms with van der Waals surface area (Å²) in [4.78, 5) is 0.338. The molecule has 2 rings (SSSR count). The molecule has 1 nitrogen and oxygen atoms in total. The van der Waals surface area contributed by atoms with E-state index in [4.69, 9.17) is 0 Å². The summed E-state index contributed by atoms with van der Waals surface area (Å²) in [6, 6.07) is 7.82. The second kappa shape index (κ2) is 6.12. The molecule has 5 heteroatoms. The minimum atomic E-state index is -0.565. The fourth-order valence-electron chi connectivity index (χ4n) is 1.62. The molecule has 0 aliphatic rings. The van der Waals surface area contributed by atoms with E-state index in [1.54, 1.807) is 19.2 Å². The highest BCUT2D eigenvalue weighted by atomic mass is 32.2. The van der Waals surface area contributed by atoms with Crippen LogP contribution in [0.25, 0.3) is 0 Å². The lowest BCUT2D eigenvalue weighted by Crippen LogP contribution is -2.05. The van der Waals surface area contributed by atoms with Gasteiger partial charge in [0.1, 0.15) is 17.5 Å². The lowest BCUT2D eigenvalue weighted by Gasteiger charge is -2.07. The first-order valence-electron chi connectivity index (χ1n) is 5.66. The summed E-state index contributed by atoms with van der Waals surface area (Å²) in [5, 5.41) is 2.91. The summed E-state index contributed by atoms with van der Waals surface area (Å²) in [7, 11) is 1.77. The molecule has 2 aromatic rings. The maximum Gasteiger partial charge on any atom is 0.137 e. The molecule has 0 heterocycles. The van der Waals surface area contributed by atoms with E-state index in [0.717, 1.165) is 35.5 Å². The Morgan fingerprint density at radius 1 is 0.947 bits per heavy atom. The van der Waals surface area contributed by atoms with Gasteiger partial charge in [-0.3, -0.25) is 0 Å².